The van der Waals surface area contributed by atoms with Crippen LogP contribution in [-0.4, -0.2) is 31.1 Å². The average Bonchev–Trinajstić information content (AvgIpc) is 2.79. The monoisotopic (exact) mass is 387 g/mol. The molecule has 1 aliphatic rings. The molecule has 29 heavy (non-hydrogen) atoms. The van der Waals surface area contributed by atoms with Gasteiger partial charge < -0.3 is 15.0 Å². The molecule has 0 atom stereocenters. The molecular weight excluding hydrogens is 362 g/mol. The molecule has 4 rings (SSSR count). The van der Waals surface area contributed by atoms with E-state index >= 15 is 0 Å². The number of hydrogen-bond acceptors (Lipinski definition) is 4. The van der Waals surface area contributed by atoms with Gasteiger partial charge in [0, 0.05) is 25.8 Å². The van der Waals surface area contributed by atoms with E-state index < -0.39 is 0 Å². The Morgan fingerprint density at radius 3 is 2.83 bits per heavy atom. The van der Waals surface area contributed by atoms with Crippen LogP contribution in [0.25, 0.3) is 0 Å². The lowest BCUT2D eigenvalue weighted by atomic mass is 9.99. The summed E-state index contributed by atoms with van der Waals surface area (Å²) in [4.78, 5) is 19.2. The zero-order valence-corrected chi connectivity index (χ0v) is 16.6. The lowest BCUT2D eigenvalue weighted by Crippen LogP contribution is -2.31. The first-order valence-electron chi connectivity index (χ1n) is 9.91. The molecule has 2 aromatic carbocycles. The Morgan fingerprint density at radius 2 is 1.97 bits per heavy atom. The number of benzene rings is 2. The van der Waals surface area contributed by atoms with Crippen molar-refractivity contribution in [1.82, 2.24) is 10.3 Å². The predicted molar refractivity (Wildman–Crippen MR) is 114 cm³/mol. The van der Waals surface area contributed by atoms with E-state index in [-0.39, 0.29) is 5.91 Å². The summed E-state index contributed by atoms with van der Waals surface area (Å²) in [6.07, 6.45) is 5.22. The van der Waals surface area contributed by atoms with E-state index in [1.807, 2.05) is 36.5 Å². The molecule has 0 spiro atoms. The van der Waals surface area contributed by atoms with Crippen molar-refractivity contribution in [3.8, 4) is 5.75 Å². The van der Waals surface area contributed by atoms with Crippen molar-refractivity contribution in [1.29, 1.82) is 0 Å². The van der Waals surface area contributed by atoms with Crippen LogP contribution in [0.15, 0.2) is 67.0 Å². The molecule has 1 aliphatic heterocycles. The van der Waals surface area contributed by atoms with Gasteiger partial charge in [-0.1, -0.05) is 36.4 Å². The Labute approximate surface area is 171 Å². The third kappa shape index (κ3) is 4.57. The van der Waals surface area contributed by atoms with Gasteiger partial charge in [-0.25, -0.2) is 0 Å². The number of fused-ring (bicyclic) bond motifs is 1. The summed E-state index contributed by atoms with van der Waals surface area (Å²) in [6, 6.07) is 18.4. The number of anilines is 1. The summed E-state index contributed by atoms with van der Waals surface area (Å²) < 4.78 is 5.24. The number of ether oxygens (including phenoxy) is 1. The number of rotatable bonds is 6. The number of methoxy groups -OCH3 is 1. The highest BCUT2D eigenvalue weighted by molar-refractivity contribution is 5.94. The summed E-state index contributed by atoms with van der Waals surface area (Å²) in [7, 11) is 1.65. The molecule has 5 nitrogen and oxygen atoms in total. The third-order valence-electron chi connectivity index (χ3n) is 5.32. The number of hydrogen-bond donors (Lipinski definition) is 1. The minimum Gasteiger partial charge on any atom is -0.497 e. The molecule has 1 N–H and O–H groups in total. The van der Waals surface area contributed by atoms with Gasteiger partial charge in [0.2, 0.25) is 0 Å². The van der Waals surface area contributed by atoms with Crippen molar-refractivity contribution < 1.29 is 9.53 Å². The Kier molecular flexibility index (Phi) is 5.75. The molecule has 0 fully saturated rings. The van der Waals surface area contributed by atoms with Crippen LogP contribution in [0.1, 0.15) is 27.0 Å². The second-order valence-corrected chi connectivity index (χ2v) is 7.23. The normalized spacial score (nSPS) is 12.9. The number of carbonyl (C=O) groups excluding carboxylic acids is 1. The van der Waals surface area contributed by atoms with Crippen LogP contribution in [0.4, 0.5) is 5.69 Å². The van der Waals surface area contributed by atoms with Crippen LogP contribution >= 0.6 is 0 Å². The van der Waals surface area contributed by atoms with Gasteiger partial charge in [-0.3, -0.25) is 9.78 Å². The maximum absolute atomic E-state index is 12.6. The highest BCUT2D eigenvalue weighted by atomic mass is 16.5. The second kappa shape index (κ2) is 8.78. The highest BCUT2D eigenvalue weighted by Gasteiger charge is 2.17. The number of carbonyl (C=O) groups is 1. The Hall–Kier alpha value is -3.34. The predicted octanol–water partition coefficient (Wildman–Crippen LogP) is 3.63. The third-order valence-corrected chi connectivity index (χ3v) is 5.32. The van der Waals surface area contributed by atoms with Gasteiger partial charge in [-0.2, -0.15) is 0 Å². The summed E-state index contributed by atoms with van der Waals surface area (Å²) in [5.41, 5.74) is 5.45. The fourth-order valence-electron chi connectivity index (χ4n) is 3.69. The summed E-state index contributed by atoms with van der Waals surface area (Å²) in [5, 5.41) is 2.99. The van der Waals surface area contributed by atoms with E-state index in [0.29, 0.717) is 12.1 Å². The quantitative estimate of drug-likeness (QED) is 0.702. The molecule has 5 heteroatoms. The molecule has 0 bridgehead atoms. The second-order valence-electron chi connectivity index (χ2n) is 7.23. The zero-order chi connectivity index (χ0) is 20.1. The van der Waals surface area contributed by atoms with E-state index in [0.717, 1.165) is 42.9 Å². The molecule has 3 aromatic rings. The van der Waals surface area contributed by atoms with Crippen molar-refractivity contribution in [2.75, 3.05) is 25.1 Å². The van der Waals surface area contributed by atoms with E-state index in [1.54, 1.807) is 13.3 Å². The molecule has 0 unspecified atom stereocenters. The minimum atomic E-state index is -0.0975. The first kappa shape index (κ1) is 19.0. The number of aromatic nitrogens is 1. The van der Waals surface area contributed by atoms with Crippen molar-refractivity contribution in [2.45, 2.75) is 19.4 Å². The fourth-order valence-corrected chi connectivity index (χ4v) is 3.69. The Balaban J connectivity index is 1.37. The van der Waals surface area contributed by atoms with E-state index in [1.165, 1.54) is 11.1 Å². The highest BCUT2D eigenvalue weighted by Crippen LogP contribution is 2.24. The van der Waals surface area contributed by atoms with Gasteiger partial charge in [0.25, 0.3) is 5.91 Å². The smallest absolute Gasteiger partial charge is 0.252 e. The zero-order valence-electron chi connectivity index (χ0n) is 16.6. The topological polar surface area (TPSA) is 54.5 Å². The van der Waals surface area contributed by atoms with Gasteiger partial charge in [-0.05, 0) is 47.7 Å². The molecule has 0 aliphatic carbocycles. The first-order valence-corrected chi connectivity index (χ1v) is 9.91. The number of nitrogens with zero attached hydrogens (tertiary/aromatic N) is 2. The number of nitrogens with one attached hydrogen (secondary N) is 1. The fraction of sp³-hybridized carbons (Fsp3) is 0.250. The lowest BCUT2D eigenvalue weighted by Gasteiger charge is -2.30. The van der Waals surface area contributed by atoms with Gasteiger partial charge in [0.05, 0.1) is 24.6 Å². The SMILES string of the molecule is COc1cccc(CCNC(=O)c2cncc(N3CCc4ccccc4C3)c2)c1. The Morgan fingerprint density at radius 1 is 1.10 bits per heavy atom. The molecule has 0 radical (unpaired) electrons. The minimum absolute atomic E-state index is 0.0975. The van der Waals surface area contributed by atoms with Gasteiger partial charge >= 0.3 is 0 Å². The molecule has 0 saturated heterocycles. The van der Waals surface area contributed by atoms with Crippen molar-refractivity contribution in [3.63, 3.8) is 0 Å². The van der Waals surface area contributed by atoms with Crippen LogP contribution in [0, 0.1) is 0 Å². The van der Waals surface area contributed by atoms with Crippen LogP contribution < -0.4 is 15.0 Å². The molecule has 1 amide bonds. The van der Waals surface area contributed by atoms with Gasteiger partial charge in [-0.15, -0.1) is 0 Å². The molecule has 0 saturated carbocycles. The van der Waals surface area contributed by atoms with E-state index in [2.05, 4.69) is 39.5 Å². The van der Waals surface area contributed by atoms with Crippen molar-refractivity contribution >= 4 is 11.6 Å². The van der Waals surface area contributed by atoms with E-state index in [9.17, 15) is 4.79 Å². The molecule has 1 aromatic heterocycles. The maximum Gasteiger partial charge on any atom is 0.252 e. The van der Waals surface area contributed by atoms with Crippen LogP contribution in [0.5, 0.6) is 5.75 Å². The van der Waals surface area contributed by atoms with Crippen molar-refractivity contribution in [3.05, 3.63) is 89.2 Å². The summed E-state index contributed by atoms with van der Waals surface area (Å²) in [6.45, 7) is 2.34. The first-order chi connectivity index (χ1) is 14.2. The van der Waals surface area contributed by atoms with Gasteiger partial charge in [0.15, 0.2) is 0 Å². The lowest BCUT2D eigenvalue weighted by molar-refractivity contribution is 0.0954. The molecule has 148 valence electrons. The standard InChI is InChI=1S/C24H25N3O2/c1-29-23-8-4-5-18(13-23)9-11-26-24(28)21-14-22(16-25-15-21)27-12-10-19-6-2-3-7-20(19)17-27/h2-8,13-16H,9-12,17H2,1H3,(H,26,28). The molecular formula is C24H25N3O2. The molecule has 2 heterocycles. The van der Waals surface area contributed by atoms with Crippen LogP contribution in [0.3, 0.4) is 0 Å². The Bertz CT molecular complexity index is 1000. The van der Waals surface area contributed by atoms with E-state index in [4.69, 9.17) is 4.74 Å². The number of amides is 1. The van der Waals surface area contributed by atoms with Crippen molar-refractivity contribution in [2.24, 2.45) is 0 Å². The largest absolute Gasteiger partial charge is 0.497 e. The maximum atomic E-state index is 12.6. The van der Waals surface area contributed by atoms with Crippen LogP contribution in [-0.2, 0) is 19.4 Å². The average molecular weight is 387 g/mol. The van der Waals surface area contributed by atoms with Gasteiger partial charge in [0.1, 0.15) is 5.75 Å². The number of pyridine rings is 1. The summed E-state index contributed by atoms with van der Waals surface area (Å²) >= 11 is 0. The summed E-state index contributed by atoms with van der Waals surface area (Å²) in [5.74, 6) is 0.730. The van der Waals surface area contributed by atoms with Crippen LogP contribution in [0.2, 0.25) is 0 Å².